The number of nitrogens with zero attached hydrogens (tertiary/aromatic N) is 4. The molecule has 3 heterocycles. The number of imidazole rings is 1. The summed E-state index contributed by atoms with van der Waals surface area (Å²) in [6.45, 7) is 0.796. The van der Waals surface area contributed by atoms with Crippen molar-refractivity contribution in [1.82, 2.24) is 19.7 Å². The van der Waals surface area contributed by atoms with E-state index in [1.54, 1.807) is 22.9 Å². The highest BCUT2D eigenvalue weighted by molar-refractivity contribution is 6.31. The van der Waals surface area contributed by atoms with E-state index >= 15 is 0 Å². The van der Waals surface area contributed by atoms with Gasteiger partial charge in [0.05, 0.1) is 29.6 Å². The molecule has 0 aliphatic carbocycles. The van der Waals surface area contributed by atoms with Gasteiger partial charge in [0, 0.05) is 25.4 Å². The first-order chi connectivity index (χ1) is 12.5. The molecule has 0 atom stereocenters. The SMILES string of the molecule is CN1Cc2c(ccc(F)c2Cl)OCCNC(=O)c2ncc3ncc1cn23. The number of aromatic nitrogens is 3. The number of amides is 1. The molecule has 1 aliphatic heterocycles. The second-order valence-corrected chi connectivity index (χ2v) is 6.30. The Morgan fingerprint density at radius 3 is 3.00 bits per heavy atom. The predicted octanol–water partition coefficient (Wildman–Crippen LogP) is 2.28. The Morgan fingerprint density at radius 2 is 2.15 bits per heavy atom. The molecular weight excluding hydrogens is 361 g/mol. The van der Waals surface area contributed by atoms with Crippen molar-refractivity contribution in [2.45, 2.75) is 6.54 Å². The summed E-state index contributed by atoms with van der Waals surface area (Å²) in [6.07, 6.45) is 4.95. The molecule has 0 spiro atoms. The molecular formula is C17H15ClFN5O2. The first-order valence-electron chi connectivity index (χ1n) is 7.96. The molecule has 1 amide bonds. The first kappa shape index (κ1) is 16.6. The molecule has 0 saturated heterocycles. The molecule has 2 aromatic heterocycles. The number of carbonyl (C=O) groups is 1. The number of fused-ring (bicyclic) bond motifs is 2. The standard InChI is InChI=1S/C17H15ClFN5O2/c1-23-9-11-13(3-2-12(19)15(11)18)26-5-4-20-17(25)16-22-7-14-21-6-10(23)8-24(14)16/h2-3,6-8H,4-5,9H2,1H3,(H,20,25). The van der Waals surface area contributed by atoms with Crippen LogP contribution in [0.1, 0.15) is 16.2 Å². The van der Waals surface area contributed by atoms with Gasteiger partial charge in [0.2, 0.25) is 5.82 Å². The zero-order valence-corrected chi connectivity index (χ0v) is 14.6. The van der Waals surface area contributed by atoms with Crippen molar-refractivity contribution in [2.24, 2.45) is 0 Å². The van der Waals surface area contributed by atoms with Crippen molar-refractivity contribution < 1.29 is 13.9 Å². The molecule has 1 aliphatic rings. The summed E-state index contributed by atoms with van der Waals surface area (Å²) in [5, 5.41) is 2.77. The minimum absolute atomic E-state index is 0.0191. The lowest BCUT2D eigenvalue weighted by Crippen LogP contribution is -2.29. The average Bonchev–Trinajstić information content (AvgIpc) is 3.06. The monoisotopic (exact) mass is 375 g/mol. The number of carbonyl (C=O) groups excluding carboxylic acids is 1. The number of hydrogen-bond acceptors (Lipinski definition) is 5. The minimum Gasteiger partial charge on any atom is -0.491 e. The summed E-state index contributed by atoms with van der Waals surface area (Å²) in [4.78, 5) is 22.7. The van der Waals surface area contributed by atoms with Crippen LogP contribution in [-0.2, 0) is 6.54 Å². The lowest BCUT2D eigenvalue weighted by atomic mass is 10.1. The normalized spacial score (nSPS) is 14.9. The number of benzene rings is 1. The van der Waals surface area contributed by atoms with Crippen molar-refractivity contribution in [1.29, 1.82) is 0 Å². The highest BCUT2D eigenvalue weighted by Gasteiger charge is 2.19. The van der Waals surface area contributed by atoms with E-state index in [0.29, 0.717) is 23.5 Å². The van der Waals surface area contributed by atoms with E-state index in [1.165, 1.54) is 12.3 Å². The maximum atomic E-state index is 13.9. The third kappa shape index (κ3) is 2.82. The molecule has 134 valence electrons. The molecule has 0 radical (unpaired) electrons. The fourth-order valence-corrected chi connectivity index (χ4v) is 3.04. The number of ether oxygens (including phenoxy) is 1. The third-order valence-electron chi connectivity index (χ3n) is 4.21. The Labute approximate surface area is 153 Å². The minimum atomic E-state index is -0.509. The number of anilines is 1. The van der Waals surface area contributed by atoms with Crippen LogP contribution in [-0.4, -0.2) is 40.5 Å². The number of nitrogens with one attached hydrogen (secondary N) is 1. The van der Waals surface area contributed by atoms with E-state index in [1.807, 2.05) is 11.9 Å². The van der Waals surface area contributed by atoms with Crippen LogP contribution >= 0.6 is 11.6 Å². The van der Waals surface area contributed by atoms with Gasteiger partial charge in [-0.15, -0.1) is 0 Å². The van der Waals surface area contributed by atoms with E-state index in [0.717, 1.165) is 5.69 Å². The number of hydrogen-bond donors (Lipinski definition) is 1. The van der Waals surface area contributed by atoms with Crippen LogP contribution in [0.2, 0.25) is 5.02 Å². The molecule has 7 nitrogen and oxygen atoms in total. The maximum absolute atomic E-state index is 13.9. The molecule has 26 heavy (non-hydrogen) atoms. The highest BCUT2D eigenvalue weighted by Crippen LogP contribution is 2.31. The van der Waals surface area contributed by atoms with Gasteiger partial charge in [-0.3, -0.25) is 9.20 Å². The van der Waals surface area contributed by atoms with Crippen molar-refractivity contribution in [3.63, 3.8) is 0 Å². The summed E-state index contributed by atoms with van der Waals surface area (Å²) in [5.41, 5.74) is 1.81. The number of halogens is 2. The lowest BCUT2D eigenvalue weighted by Gasteiger charge is -2.22. The van der Waals surface area contributed by atoms with Gasteiger partial charge in [-0.05, 0) is 12.1 Å². The van der Waals surface area contributed by atoms with E-state index in [2.05, 4.69) is 15.3 Å². The fourth-order valence-electron chi connectivity index (χ4n) is 2.83. The third-order valence-corrected chi connectivity index (χ3v) is 4.61. The van der Waals surface area contributed by atoms with E-state index in [4.69, 9.17) is 16.3 Å². The van der Waals surface area contributed by atoms with Gasteiger partial charge >= 0.3 is 0 Å². The quantitative estimate of drug-likeness (QED) is 0.652. The molecule has 4 rings (SSSR count). The molecule has 3 aromatic rings. The molecule has 1 N–H and O–H groups in total. The summed E-state index contributed by atoms with van der Waals surface area (Å²) < 4.78 is 21.3. The number of rotatable bonds is 0. The Bertz CT molecular complexity index is 1010. The van der Waals surface area contributed by atoms with Gasteiger partial charge in [0.15, 0.2) is 5.65 Å². The fraction of sp³-hybridized carbons (Fsp3) is 0.235. The van der Waals surface area contributed by atoms with Crippen LogP contribution in [0, 0.1) is 5.82 Å². The van der Waals surface area contributed by atoms with Crippen LogP contribution in [0.5, 0.6) is 5.75 Å². The van der Waals surface area contributed by atoms with Crippen molar-refractivity contribution >= 4 is 28.8 Å². The Morgan fingerprint density at radius 1 is 1.31 bits per heavy atom. The smallest absolute Gasteiger partial charge is 0.287 e. The average molecular weight is 376 g/mol. The molecule has 2 bridgehead atoms. The van der Waals surface area contributed by atoms with Gasteiger partial charge in [-0.2, -0.15) is 0 Å². The largest absolute Gasteiger partial charge is 0.491 e. The molecule has 0 unspecified atom stereocenters. The lowest BCUT2D eigenvalue weighted by molar-refractivity contribution is 0.0936. The Kier molecular flexibility index (Phi) is 4.12. The summed E-state index contributed by atoms with van der Waals surface area (Å²) in [6, 6.07) is 2.80. The second-order valence-electron chi connectivity index (χ2n) is 5.92. The van der Waals surface area contributed by atoms with Crippen molar-refractivity contribution in [3.05, 3.63) is 53.0 Å². The van der Waals surface area contributed by atoms with Crippen LogP contribution in [0.25, 0.3) is 5.65 Å². The van der Waals surface area contributed by atoms with Crippen LogP contribution in [0.3, 0.4) is 0 Å². The van der Waals surface area contributed by atoms with Gasteiger partial charge in [0.1, 0.15) is 18.2 Å². The van der Waals surface area contributed by atoms with E-state index in [-0.39, 0.29) is 29.9 Å². The molecule has 1 aromatic carbocycles. The van der Waals surface area contributed by atoms with Gasteiger partial charge in [0.25, 0.3) is 5.91 Å². The second kappa shape index (κ2) is 6.45. The van der Waals surface area contributed by atoms with Crippen molar-refractivity contribution in [2.75, 3.05) is 25.1 Å². The Hall–Kier alpha value is -2.87. The zero-order chi connectivity index (χ0) is 18.3. The van der Waals surface area contributed by atoms with Crippen LogP contribution in [0.15, 0.2) is 30.7 Å². The van der Waals surface area contributed by atoms with Gasteiger partial charge < -0.3 is 15.0 Å². The predicted molar refractivity (Wildman–Crippen MR) is 94.3 cm³/mol. The van der Waals surface area contributed by atoms with Crippen molar-refractivity contribution in [3.8, 4) is 5.75 Å². The highest BCUT2D eigenvalue weighted by atomic mass is 35.5. The van der Waals surface area contributed by atoms with Crippen LogP contribution in [0.4, 0.5) is 10.1 Å². The van der Waals surface area contributed by atoms with E-state index < -0.39 is 5.82 Å². The first-order valence-corrected chi connectivity index (χ1v) is 8.34. The summed E-state index contributed by atoms with van der Waals surface area (Å²) in [7, 11) is 1.82. The van der Waals surface area contributed by atoms with E-state index in [9.17, 15) is 9.18 Å². The topological polar surface area (TPSA) is 71.8 Å². The van der Waals surface area contributed by atoms with Gasteiger partial charge in [-0.1, -0.05) is 11.6 Å². The summed E-state index contributed by atoms with van der Waals surface area (Å²) >= 11 is 6.17. The van der Waals surface area contributed by atoms with Gasteiger partial charge in [-0.25, -0.2) is 14.4 Å². The van der Waals surface area contributed by atoms with Crippen LogP contribution < -0.4 is 15.0 Å². The maximum Gasteiger partial charge on any atom is 0.287 e. The summed E-state index contributed by atoms with van der Waals surface area (Å²) in [5.74, 6) is -0.121. The molecule has 0 saturated carbocycles. The Balaban J connectivity index is 1.83. The zero-order valence-electron chi connectivity index (χ0n) is 13.9. The molecule has 0 fully saturated rings. The molecule has 9 heteroatoms.